The number of likely N-dealkylation sites (N-methyl/N-ethyl adjacent to an activating group) is 1. The molecule has 0 bridgehead atoms. The van der Waals surface area contributed by atoms with Crippen molar-refractivity contribution >= 4 is 6.09 Å². The van der Waals surface area contributed by atoms with E-state index >= 15 is 0 Å². The maximum Gasteiger partial charge on any atom is 0.410 e. The Morgan fingerprint density at radius 2 is 2.16 bits per heavy atom. The lowest BCUT2D eigenvalue weighted by atomic mass is 9.94. The Kier molecular flexibility index (Phi) is 5.41. The molecule has 19 heavy (non-hydrogen) atoms. The van der Waals surface area contributed by atoms with E-state index in [4.69, 9.17) is 4.74 Å². The Morgan fingerprint density at radius 3 is 2.63 bits per heavy atom. The predicted molar refractivity (Wildman–Crippen MR) is 78.2 cm³/mol. The van der Waals surface area contributed by atoms with E-state index in [1.807, 2.05) is 32.6 Å². The monoisotopic (exact) mass is 268 g/mol. The van der Waals surface area contributed by atoms with Crippen molar-refractivity contribution in [2.24, 2.45) is 5.92 Å². The van der Waals surface area contributed by atoms with Crippen molar-refractivity contribution in [3.05, 3.63) is 12.2 Å². The highest BCUT2D eigenvalue weighted by molar-refractivity contribution is 5.68. The van der Waals surface area contributed by atoms with Crippen LogP contribution >= 0.6 is 0 Å². The molecule has 0 spiro atoms. The third-order valence-corrected chi connectivity index (χ3v) is 3.30. The van der Waals surface area contributed by atoms with Gasteiger partial charge in [-0.3, -0.25) is 0 Å². The van der Waals surface area contributed by atoms with Gasteiger partial charge in [-0.15, -0.1) is 0 Å². The molecule has 2 atom stereocenters. The van der Waals surface area contributed by atoms with Crippen LogP contribution in [0, 0.1) is 5.92 Å². The molecule has 0 aromatic rings. The second kappa shape index (κ2) is 6.42. The summed E-state index contributed by atoms with van der Waals surface area (Å²) in [4.78, 5) is 13.8. The molecule has 0 aromatic carbocycles. The van der Waals surface area contributed by atoms with Crippen LogP contribution in [0.4, 0.5) is 4.79 Å². The average molecular weight is 268 g/mol. The first-order valence-electron chi connectivity index (χ1n) is 7.11. The Bertz CT molecular complexity index is 334. The van der Waals surface area contributed by atoms with E-state index in [0.29, 0.717) is 5.92 Å². The third-order valence-electron chi connectivity index (χ3n) is 3.30. The number of hydrogen-bond donors (Lipinski definition) is 1. The third kappa shape index (κ3) is 4.86. The maximum atomic E-state index is 12.0. The Labute approximate surface area is 117 Å². The lowest BCUT2D eigenvalue weighted by Gasteiger charge is -2.27. The summed E-state index contributed by atoms with van der Waals surface area (Å²) in [6, 6.07) is 0.289. The standard InChI is InChI=1S/C15H28N2O2/c1-7-16-13(11(2)3)12-8-9-17(10-12)14(18)19-15(4,5)6/h12-13,16H,2,7-10H2,1,3-6H3. The van der Waals surface area contributed by atoms with E-state index in [9.17, 15) is 4.79 Å². The second-order valence-corrected chi connectivity index (χ2v) is 6.36. The lowest BCUT2D eigenvalue weighted by Crippen LogP contribution is -2.40. The molecular formula is C15H28N2O2. The fourth-order valence-corrected chi connectivity index (χ4v) is 2.51. The summed E-state index contributed by atoms with van der Waals surface area (Å²) < 4.78 is 5.41. The SMILES string of the molecule is C=C(C)C(NCC)C1CCN(C(=O)OC(C)(C)C)C1. The highest BCUT2D eigenvalue weighted by Crippen LogP contribution is 2.24. The zero-order valence-electron chi connectivity index (χ0n) is 13.0. The molecular weight excluding hydrogens is 240 g/mol. The van der Waals surface area contributed by atoms with Crippen LogP contribution in [-0.4, -0.2) is 42.3 Å². The molecule has 0 radical (unpaired) electrons. The minimum atomic E-state index is -0.426. The molecule has 2 unspecified atom stereocenters. The molecule has 0 aliphatic carbocycles. The topological polar surface area (TPSA) is 41.6 Å². The quantitative estimate of drug-likeness (QED) is 0.797. The van der Waals surface area contributed by atoms with Gasteiger partial charge in [0, 0.05) is 19.1 Å². The molecule has 1 heterocycles. The number of carbonyl (C=O) groups is 1. The summed E-state index contributed by atoms with van der Waals surface area (Å²) in [7, 11) is 0. The van der Waals surface area contributed by atoms with Gasteiger partial charge in [0.1, 0.15) is 5.60 Å². The van der Waals surface area contributed by atoms with Crippen LogP contribution in [0.3, 0.4) is 0 Å². The minimum Gasteiger partial charge on any atom is -0.444 e. The van der Waals surface area contributed by atoms with Gasteiger partial charge in [0.2, 0.25) is 0 Å². The molecule has 4 heteroatoms. The van der Waals surface area contributed by atoms with Crippen LogP contribution in [0.1, 0.15) is 41.0 Å². The Morgan fingerprint density at radius 1 is 1.53 bits per heavy atom. The van der Waals surface area contributed by atoms with Gasteiger partial charge in [-0.2, -0.15) is 0 Å². The molecule has 0 aromatic heterocycles. The van der Waals surface area contributed by atoms with E-state index in [0.717, 1.165) is 31.6 Å². The number of carbonyl (C=O) groups excluding carboxylic acids is 1. The second-order valence-electron chi connectivity index (χ2n) is 6.36. The Hall–Kier alpha value is -1.03. The van der Waals surface area contributed by atoms with E-state index in [-0.39, 0.29) is 12.1 Å². The van der Waals surface area contributed by atoms with Gasteiger partial charge in [0.25, 0.3) is 0 Å². The first-order valence-corrected chi connectivity index (χ1v) is 7.11. The average Bonchev–Trinajstić information content (AvgIpc) is 2.72. The summed E-state index contributed by atoms with van der Waals surface area (Å²) in [5, 5.41) is 3.45. The number of rotatable bonds is 4. The smallest absolute Gasteiger partial charge is 0.410 e. The lowest BCUT2D eigenvalue weighted by molar-refractivity contribution is 0.0286. The van der Waals surface area contributed by atoms with Crippen molar-refractivity contribution in [2.75, 3.05) is 19.6 Å². The number of amides is 1. The summed E-state index contributed by atoms with van der Waals surface area (Å²) in [6.45, 7) is 16.3. The first kappa shape index (κ1) is 16.0. The predicted octanol–water partition coefficient (Wildman–Crippen LogP) is 2.80. The van der Waals surface area contributed by atoms with Crippen molar-refractivity contribution in [3.8, 4) is 0 Å². The van der Waals surface area contributed by atoms with Crippen molar-refractivity contribution in [3.63, 3.8) is 0 Å². The van der Waals surface area contributed by atoms with Gasteiger partial charge in [0.15, 0.2) is 0 Å². The molecule has 1 rings (SSSR count). The highest BCUT2D eigenvalue weighted by Gasteiger charge is 2.33. The van der Waals surface area contributed by atoms with Gasteiger partial charge in [-0.05, 0) is 46.6 Å². The zero-order chi connectivity index (χ0) is 14.6. The molecule has 1 fully saturated rings. The van der Waals surface area contributed by atoms with Crippen molar-refractivity contribution in [1.29, 1.82) is 0 Å². The van der Waals surface area contributed by atoms with Crippen molar-refractivity contribution < 1.29 is 9.53 Å². The van der Waals surface area contributed by atoms with Crippen LogP contribution in [0.25, 0.3) is 0 Å². The van der Waals surface area contributed by atoms with Crippen molar-refractivity contribution in [2.45, 2.75) is 52.7 Å². The molecule has 0 saturated carbocycles. The normalized spacial score (nSPS) is 21.3. The molecule has 1 amide bonds. The van der Waals surface area contributed by atoms with Gasteiger partial charge in [-0.1, -0.05) is 19.1 Å². The molecule has 110 valence electrons. The van der Waals surface area contributed by atoms with Gasteiger partial charge in [0.05, 0.1) is 0 Å². The largest absolute Gasteiger partial charge is 0.444 e. The van der Waals surface area contributed by atoms with Gasteiger partial charge < -0.3 is 15.0 Å². The van der Waals surface area contributed by atoms with Crippen LogP contribution in [0.2, 0.25) is 0 Å². The zero-order valence-corrected chi connectivity index (χ0v) is 13.0. The van der Waals surface area contributed by atoms with Gasteiger partial charge >= 0.3 is 6.09 Å². The van der Waals surface area contributed by atoms with Crippen LogP contribution < -0.4 is 5.32 Å². The molecule has 1 aliphatic rings. The summed E-state index contributed by atoms with van der Waals surface area (Å²) in [5.74, 6) is 0.435. The van der Waals surface area contributed by atoms with Crippen LogP contribution in [0.15, 0.2) is 12.2 Å². The van der Waals surface area contributed by atoms with E-state index in [1.165, 1.54) is 0 Å². The highest BCUT2D eigenvalue weighted by atomic mass is 16.6. The number of nitrogens with zero attached hydrogens (tertiary/aromatic N) is 1. The fraction of sp³-hybridized carbons (Fsp3) is 0.800. The number of ether oxygens (including phenoxy) is 1. The fourth-order valence-electron chi connectivity index (χ4n) is 2.51. The first-order chi connectivity index (χ1) is 8.74. The van der Waals surface area contributed by atoms with Crippen molar-refractivity contribution in [1.82, 2.24) is 10.2 Å². The summed E-state index contributed by atoms with van der Waals surface area (Å²) in [5.41, 5.74) is 0.711. The summed E-state index contributed by atoms with van der Waals surface area (Å²) in [6.07, 6.45) is 0.802. The van der Waals surface area contributed by atoms with Crippen LogP contribution in [-0.2, 0) is 4.74 Å². The van der Waals surface area contributed by atoms with E-state index < -0.39 is 5.60 Å². The Balaban J connectivity index is 2.57. The molecule has 1 aliphatic heterocycles. The molecule has 1 N–H and O–H groups in total. The van der Waals surface area contributed by atoms with E-state index in [1.54, 1.807) is 0 Å². The molecule has 4 nitrogen and oxygen atoms in total. The summed E-state index contributed by atoms with van der Waals surface area (Å²) >= 11 is 0. The van der Waals surface area contributed by atoms with Gasteiger partial charge in [-0.25, -0.2) is 4.79 Å². The molecule has 1 saturated heterocycles. The number of hydrogen-bond acceptors (Lipinski definition) is 3. The number of nitrogens with one attached hydrogen (secondary N) is 1. The van der Waals surface area contributed by atoms with Crippen LogP contribution in [0.5, 0.6) is 0 Å². The number of likely N-dealkylation sites (tertiary alicyclic amines) is 1. The van der Waals surface area contributed by atoms with E-state index in [2.05, 4.69) is 18.8 Å². The minimum absolute atomic E-state index is 0.202. The maximum absolute atomic E-state index is 12.0.